The number of aryl methyl sites for hydroxylation is 1. The molecule has 4 heteroatoms. The van der Waals surface area contributed by atoms with Gasteiger partial charge in [0.1, 0.15) is 0 Å². The maximum Gasteiger partial charge on any atom is 0.223 e. The Hall–Kier alpha value is -1.39. The molecular formula is C18H28N2O2. The third kappa shape index (κ3) is 5.43. The highest BCUT2D eigenvalue weighted by molar-refractivity contribution is 5.78. The second kappa shape index (κ2) is 8.91. The molecule has 1 aromatic carbocycles. The highest BCUT2D eigenvalue weighted by Gasteiger charge is 2.22. The van der Waals surface area contributed by atoms with E-state index in [-0.39, 0.29) is 11.8 Å². The molecule has 1 amide bonds. The third-order valence-electron chi connectivity index (χ3n) is 4.32. The van der Waals surface area contributed by atoms with Gasteiger partial charge in [0.15, 0.2) is 0 Å². The topological polar surface area (TPSA) is 41.6 Å². The van der Waals surface area contributed by atoms with Crippen LogP contribution in [0.4, 0.5) is 0 Å². The molecule has 1 unspecified atom stereocenters. The molecule has 0 bridgehead atoms. The van der Waals surface area contributed by atoms with Crippen molar-refractivity contribution in [1.82, 2.24) is 10.2 Å². The number of carbonyl (C=O) groups is 1. The molecule has 0 radical (unpaired) electrons. The number of ether oxygens (including phenoxy) is 1. The van der Waals surface area contributed by atoms with Gasteiger partial charge >= 0.3 is 0 Å². The summed E-state index contributed by atoms with van der Waals surface area (Å²) in [6.45, 7) is 6.36. The van der Waals surface area contributed by atoms with Crippen molar-refractivity contribution in [2.75, 3.05) is 33.4 Å². The number of nitrogens with zero attached hydrogens (tertiary/aromatic N) is 1. The maximum absolute atomic E-state index is 12.1. The van der Waals surface area contributed by atoms with Crippen molar-refractivity contribution in [3.05, 3.63) is 35.4 Å². The van der Waals surface area contributed by atoms with Crippen LogP contribution in [-0.4, -0.2) is 44.2 Å². The second-order valence-electron chi connectivity index (χ2n) is 6.17. The summed E-state index contributed by atoms with van der Waals surface area (Å²) < 4.78 is 4.97. The first-order chi connectivity index (χ1) is 10.7. The molecule has 2 rings (SSSR count). The lowest BCUT2D eigenvalue weighted by Crippen LogP contribution is -2.33. The summed E-state index contributed by atoms with van der Waals surface area (Å²) in [4.78, 5) is 14.6. The Morgan fingerprint density at radius 1 is 1.27 bits per heavy atom. The molecule has 4 nitrogen and oxygen atoms in total. The van der Waals surface area contributed by atoms with Gasteiger partial charge in [-0.15, -0.1) is 0 Å². The van der Waals surface area contributed by atoms with Gasteiger partial charge in [-0.2, -0.15) is 0 Å². The van der Waals surface area contributed by atoms with E-state index in [0.29, 0.717) is 13.2 Å². The fourth-order valence-corrected chi connectivity index (χ4v) is 2.95. The van der Waals surface area contributed by atoms with Gasteiger partial charge in [-0.05, 0) is 44.8 Å². The molecule has 122 valence electrons. The first-order valence-electron chi connectivity index (χ1n) is 8.23. The van der Waals surface area contributed by atoms with E-state index in [4.69, 9.17) is 4.74 Å². The molecule has 0 aromatic heterocycles. The van der Waals surface area contributed by atoms with Crippen molar-refractivity contribution in [3.63, 3.8) is 0 Å². The zero-order valence-electron chi connectivity index (χ0n) is 13.8. The second-order valence-corrected chi connectivity index (χ2v) is 6.17. The Bertz CT molecular complexity index is 459. The van der Waals surface area contributed by atoms with Crippen molar-refractivity contribution >= 4 is 5.91 Å². The fourth-order valence-electron chi connectivity index (χ4n) is 2.95. The normalized spacial score (nSPS) is 19.6. The van der Waals surface area contributed by atoms with Gasteiger partial charge < -0.3 is 10.1 Å². The monoisotopic (exact) mass is 304 g/mol. The summed E-state index contributed by atoms with van der Waals surface area (Å²) in [5, 5.41) is 2.97. The predicted molar refractivity (Wildman–Crippen MR) is 88.7 cm³/mol. The van der Waals surface area contributed by atoms with Crippen LogP contribution in [0, 0.1) is 12.8 Å². The van der Waals surface area contributed by atoms with Crippen molar-refractivity contribution < 1.29 is 9.53 Å². The van der Waals surface area contributed by atoms with Crippen LogP contribution in [0.25, 0.3) is 0 Å². The van der Waals surface area contributed by atoms with Gasteiger partial charge in [-0.1, -0.05) is 29.8 Å². The number of amides is 1. The zero-order chi connectivity index (χ0) is 15.8. The Kier molecular flexibility index (Phi) is 6.87. The van der Waals surface area contributed by atoms with Crippen LogP contribution in [0.5, 0.6) is 0 Å². The minimum absolute atomic E-state index is 0.153. The molecule has 1 aliphatic heterocycles. The summed E-state index contributed by atoms with van der Waals surface area (Å²) in [6.07, 6.45) is 3.03. The lowest BCUT2D eigenvalue weighted by Gasteiger charge is -2.20. The molecule has 0 spiro atoms. The molecule has 1 aromatic rings. The highest BCUT2D eigenvalue weighted by atomic mass is 16.5. The summed E-state index contributed by atoms with van der Waals surface area (Å²) in [6, 6.07) is 8.74. The van der Waals surface area contributed by atoms with E-state index in [1.807, 2.05) is 0 Å². The molecule has 1 heterocycles. The number of methoxy groups -OCH3 is 1. The van der Waals surface area contributed by atoms with E-state index in [9.17, 15) is 4.79 Å². The van der Waals surface area contributed by atoms with Crippen LogP contribution in [-0.2, 0) is 16.1 Å². The molecule has 0 aliphatic carbocycles. The Morgan fingerprint density at radius 3 is 2.77 bits per heavy atom. The minimum atomic E-state index is 0.153. The van der Waals surface area contributed by atoms with Crippen molar-refractivity contribution in [1.29, 1.82) is 0 Å². The van der Waals surface area contributed by atoms with Crippen LogP contribution in [0.15, 0.2) is 24.3 Å². The Morgan fingerprint density at radius 2 is 2.05 bits per heavy atom. The Labute approximate surface area is 133 Å². The highest BCUT2D eigenvalue weighted by Crippen LogP contribution is 2.19. The van der Waals surface area contributed by atoms with E-state index in [1.54, 1.807) is 7.11 Å². The zero-order valence-corrected chi connectivity index (χ0v) is 13.8. The van der Waals surface area contributed by atoms with E-state index < -0.39 is 0 Å². The van der Waals surface area contributed by atoms with Crippen LogP contribution >= 0.6 is 0 Å². The van der Waals surface area contributed by atoms with Crippen molar-refractivity contribution in [2.45, 2.75) is 32.7 Å². The first kappa shape index (κ1) is 17.0. The molecule has 22 heavy (non-hydrogen) atoms. The molecule has 1 atom stereocenters. The van der Waals surface area contributed by atoms with Gasteiger partial charge in [-0.25, -0.2) is 0 Å². The van der Waals surface area contributed by atoms with Crippen LogP contribution in [0.2, 0.25) is 0 Å². The largest absolute Gasteiger partial charge is 0.383 e. The lowest BCUT2D eigenvalue weighted by atomic mass is 10.00. The van der Waals surface area contributed by atoms with Gasteiger partial charge in [0.05, 0.1) is 6.61 Å². The quantitative estimate of drug-likeness (QED) is 0.820. The standard InChI is InChI=1S/C18H28N2O2/c1-15-5-7-16(8-6-15)14-20-11-3-4-17(9-12-20)18(21)19-10-13-22-2/h5-8,17H,3-4,9-14H2,1-2H3,(H,19,21). The summed E-state index contributed by atoms with van der Waals surface area (Å²) >= 11 is 0. The number of hydrogen-bond acceptors (Lipinski definition) is 3. The molecular weight excluding hydrogens is 276 g/mol. The first-order valence-corrected chi connectivity index (χ1v) is 8.23. The van der Waals surface area contributed by atoms with Gasteiger partial charge in [0.2, 0.25) is 5.91 Å². The minimum Gasteiger partial charge on any atom is -0.383 e. The number of benzene rings is 1. The van der Waals surface area contributed by atoms with E-state index in [2.05, 4.69) is 41.4 Å². The lowest BCUT2D eigenvalue weighted by molar-refractivity contribution is -0.125. The van der Waals surface area contributed by atoms with Gasteiger partial charge in [-0.3, -0.25) is 9.69 Å². The van der Waals surface area contributed by atoms with Gasteiger partial charge in [0.25, 0.3) is 0 Å². The number of likely N-dealkylation sites (tertiary alicyclic amines) is 1. The van der Waals surface area contributed by atoms with Gasteiger partial charge in [0, 0.05) is 26.1 Å². The van der Waals surface area contributed by atoms with Crippen molar-refractivity contribution in [3.8, 4) is 0 Å². The van der Waals surface area contributed by atoms with Crippen LogP contribution in [0.1, 0.15) is 30.4 Å². The van der Waals surface area contributed by atoms with Crippen molar-refractivity contribution in [2.24, 2.45) is 5.92 Å². The average Bonchev–Trinajstić information content (AvgIpc) is 2.75. The number of hydrogen-bond donors (Lipinski definition) is 1. The molecule has 1 fully saturated rings. The van der Waals surface area contributed by atoms with E-state index in [1.165, 1.54) is 11.1 Å². The number of carbonyl (C=O) groups excluding carboxylic acids is 1. The SMILES string of the molecule is COCCNC(=O)C1CCCN(Cc2ccc(C)cc2)CC1. The van der Waals surface area contributed by atoms with E-state index in [0.717, 1.165) is 38.9 Å². The smallest absolute Gasteiger partial charge is 0.223 e. The Balaban J connectivity index is 1.79. The summed E-state index contributed by atoms with van der Waals surface area (Å²) in [7, 11) is 1.65. The number of nitrogens with one attached hydrogen (secondary N) is 1. The molecule has 0 saturated carbocycles. The molecule has 1 aliphatic rings. The van der Waals surface area contributed by atoms with Crippen LogP contribution < -0.4 is 5.32 Å². The average molecular weight is 304 g/mol. The summed E-state index contributed by atoms with van der Waals surface area (Å²) in [5.41, 5.74) is 2.65. The molecule has 1 N–H and O–H groups in total. The fraction of sp³-hybridized carbons (Fsp3) is 0.611. The predicted octanol–water partition coefficient (Wildman–Crippen LogP) is 2.36. The molecule has 1 saturated heterocycles. The van der Waals surface area contributed by atoms with E-state index >= 15 is 0 Å². The van der Waals surface area contributed by atoms with Crippen LogP contribution in [0.3, 0.4) is 0 Å². The summed E-state index contributed by atoms with van der Waals surface area (Å²) in [5.74, 6) is 0.342. The number of rotatable bonds is 6. The third-order valence-corrected chi connectivity index (χ3v) is 4.32. The maximum atomic E-state index is 12.1.